The number of ether oxygens (including phenoxy) is 4. The van der Waals surface area contributed by atoms with Crippen LogP contribution in [-0.2, 0) is 32.7 Å². The quantitative estimate of drug-likeness (QED) is 0.183. The fourth-order valence-corrected chi connectivity index (χ4v) is 6.97. The lowest BCUT2D eigenvalue weighted by molar-refractivity contribution is -0.0144. The standard InChI is InChI=1S/C32H41NO6/c1-2-3-4-10-19-36-31(35)39-23-38-26-15-14-25-20-29-27-13-8-9-16-32(27,28(25)21-26)17-18-33(29)30(34)37-22-24-11-6-5-7-12-24/h5-7,11-12,14-15,21,27,29H,2-4,8-10,13,16-20,22-23H2,1H3/t27-,29+,32-/m1/s1. The molecule has 1 amide bonds. The third kappa shape index (κ3) is 6.18. The summed E-state index contributed by atoms with van der Waals surface area (Å²) in [6.45, 7) is 3.34. The smallest absolute Gasteiger partial charge is 0.457 e. The molecule has 39 heavy (non-hydrogen) atoms. The highest BCUT2D eigenvalue weighted by molar-refractivity contribution is 5.69. The maximum Gasteiger partial charge on any atom is 0.511 e. The van der Waals surface area contributed by atoms with Crippen molar-refractivity contribution < 1.29 is 28.5 Å². The minimum Gasteiger partial charge on any atom is -0.457 e. The third-order valence-corrected chi connectivity index (χ3v) is 8.87. The number of benzene rings is 2. The minimum atomic E-state index is -0.690. The molecular formula is C32H41NO6. The Morgan fingerprint density at radius 1 is 0.974 bits per heavy atom. The van der Waals surface area contributed by atoms with Crippen LogP contribution in [0.1, 0.15) is 81.4 Å². The van der Waals surface area contributed by atoms with Gasteiger partial charge in [-0.15, -0.1) is 0 Å². The Labute approximate surface area is 231 Å². The molecule has 3 atom stereocenters. The predicted octanol–water partition coefficient (Wildman–Crippen LogP) is 7.15. The largest absolute Gasteiger partial charge is 0.511 e. The molecule has 210 valence electrons. The summed E-state index contributed by atoms with van der Waals surface area (Å²) in [5.74, 6) is 1.11. The predicted molar refractivity (Wildman–Crippen MR) is 148 cm³/mol. The van der Waals surface area contributed by atoms with E-state index in [4.69, 9.17) is 18.9 Å². The van der Waals surface area contributed by atoms with Gasteiger partial charge in [0, 0.05) is 18.0 Å². The monoisotopic (exact) mass is 535 g/mol. The van der Waals surface area contributed by atoms with Gasteiger partial charge in [-0.05, 0) is 66.8 Å². The first-order valence-electron chi connectivity index (χ1n) is 14.6. The number of fused-ring (bicyclic) bond motifs is 1. The summed E-state index contributed by atoms with van der Waals surface area (Å²) >= 11 is 0. The lowest BCUT2D eigenvalue weighted by Crippen LogP contribution is -2.62. The first kappa shape index (κ1) is 27.4. The molecule has 0 radical (unpaired) electrons. The van der Waals surface area contributed by atoms with Crippen LogP contribution >= 0.6 is 0 Å². The van der Waals surface area contributed by atoms with Crippen molar-refractivity contribution in [3.05, 3.63) is 65.2 Å². The molecule has 3 aliphatic rings. The van der Waals surface area contributed by atoms with Gasteiger partial charge in [-0.2, -0.15) is 0 Å². The van der Waals surface area contributed by atoms with Crippen molar-refractivity contribution >= 4 is 12.2 Å². The highest BCUT2D eigenvalue weighted by Crippen LogP contribution is 2.56. The Morgan fingerprint density at radius 3 is 2.69 bits per heavy atom. The van der Waals surface area contributed by atoms with E-state index in [1.54, 1.807) is 0 Å². The van der Waals surface area contributed by atoms with E-state index < -0.39 is 6.16 Å². The van der Waals surface area contributed by atoms with Crippen LogP contribution in [0, 0.1) is 5.92 Å². The summed E-state index contributed by atoms with van der Waals surface area (Å²) in [5, 5.41) is 0. The van der Waals surface area contributed by atoms with E-state index >= 15 is 0 Å². The third-order valence-electron chi connectivity index (χ3n) is 8.87. The van der Waals surface area contributed by atoms with Crippen LogP contribution in [0.15, 0.2) is 48.5 Å². The van der Waals surface area contributed by atoms with E-state index in [2.05, 4.69) is 19.1 Å². The molecule has 1 saturated carbocycles. The minimum absolute atomic E-state index is 0.0460. The van der Waals surface area contributed by atoms with Gasteiger partial charge < -0.3 is 23.8 Å². The van der Waals surface area contributed by atoms with Gasteiger partial charge in [-0.25, -0.2) is 9.59 Å². The van der Waals surface area contributed by atoms with E-state index in [-0.39, 0.29) is 24.3 Å². The zero-order valence-corrected chi connectivity index (χ0v) is 23.1. The van der Waals surface area contributed by atoms with Crippen LogP contribution in [-0.4, -0.2) is 43.1 Å². The van der Waals surface area contributed by atoms with Gasteiger partial charge in [0.25, 0.3) is 0 Å². The summed E-state index contributed by atoms with van der Waals surface area (Å²) in [6.07, 6.45) is 9.64. The van der Waals surface area contributed by atoms with Crippen molar-refractivity contribution in [2.24, 2.45) is 5.92 Å². The Bertz CT molecular complexity index is 1120. The van der Waals surface area contributed by atoms with Crippen LogP contribution in [0.5, 0.6) is 5.75 Å². The van der Waals surface area contributed by atoms with Crippen LogP contribution in [0.3, 0.4) is 0 Å². The number of carbonyl (C=O) groups is 2. The maximum atomic E-state index is 13.2. The lowest BCUT2D eigenvalue weighted by Gasteiger charge is -2.58. The first-order chi connectivity index (χ1) is 19.1. The Kier molecular flexibility index (Phi) is 8.95. The molecular weight excluding hydrogens is 494 g/mol. The highest BCUT2D eigenvalue weighted by Gasteiger charge is 2.55. The second-order valence-corrected chi connectivity index (χ2v) is 11.1. The molecule has 7 heteroatoms. The van der Waals surface area contributed by atoms with Crippen molar-refractivity contribution in [1.82, 2.24) is 4.90 Å². The number of piperidine rings is 1. The van der Waals surface area contributed by atoms with Crippen molar-refractivity contribution in [2.75, 3.05) is 19.9 Å². The maximum absolute atomic E-state index is 13.2. The Hall–Kier alpha value is -3.22. The molecule has 0 unspecified atom stereocenters. The summed E-state index contributed by atoms with van der Waals surface area (Å²) in [5.41, 5.74) is 3.67. The molecule has 2 aliphatic carbocycles. The Morgan fingerprint density at radius 2 is 1.85 bits per heavy atom. The molecule has 1 heterocycles. The number of hydrogen-bond acceptors (Lipinski definition) is 6. The second-order valence-electron chi connectivity index (χ2n) is 11.1. The van der Waals surface area contributed by atoms with Gasteiger partial charge in [0.1, 0.15) is 12.4 Å². The molecule has 1 saturated heterocycles. The van der Waals surface area contributed by atoms with Crippen LogP contribution in [0.4, 0.5) is 9.59 Å². The number of hydrogen-bond donors (Lipinski definition) is 0. The van der Waals surface area contributed by atoms with E-state index in [0.717, 1.165) is 56.9 Å². The number of nitrogens with zero attached hydrogens (tertiary/aromatic N) is 1. The van der Waals surface area contributed by atoms with E-state index in [1.807, 2.05) is 41.3 Å². The van der Waals surface area contributed by atoms with Gasteiger partial charge in [0.15, 0.2) is 0 Å². The van der Waals surface area contributed by atoms with Crippen molar-refractivity contribution in [1.29, 1.82) is 0 Å². The molecule has 2 aromatic carbocycles. The Balaban J connectivity index is 1.22. The van der Waals surface area contributed by atoms with Crippen LogP contribution < -0.4 is 4.74 Å². The number of likely N-dealkylation sites (tertiary alicyclic amines) is 1. The molecule has 7 nitrogen and oxygen atoms in total. The molecule has 2 fully saturated rings. The van der Waals surface area contributed by atoms with Crippen LogP contribution in [0.25, 0.3) is 0 Å². The SMILES string of the molecule is CCCCCCOC(=O)OCOc1ccc2c(c1)[C@@]13CCCC[C@@H]1[C@H](C2)N(C(=O)OCc1ccccc1)CC3. The molecule has 0 N–H and O–H groups in total. The molecule has 2 aromatic rings. The number of amides is 1. The molecule has 1 aliphatic heterocycles. The average Bonchev–Trinajstić information content (AvgIpc) is 2.96. The van der Waals surface area contributed by atoms with Gasteiger partial charge in [-0.3, -0.25) is 0 Å². The summed E-state index contributed by atoms with van der Waals surface area (Å²) in [7, 11) is 0. The highest BCUT2D eigenvalue weighted by atomic mass is 16.8. The van der Waals surface area contributed by atoms with Gasteiger partial charge in [0.05, 0.1) is 6.61 Å². The topological polar surface area (TPSA) is 74.3 Å². The first-order valence-corrected chi connectivity index (χ1v) is 14.6. The number of rotatable bonds is 10. The van der Waals surface area contributed by atoms with Gasteiger partial charge in [-0.1, -0.05) is 75.4 Å². The summed E-state index contributed by atoms with van der Waals surface area (Å²) in [4.78, 5) is 27.1. The summed E-state index contributed by atoms with van der Waals surface area (Å²) < 4.78 is 21.9. The fraction of sp³-hybridized carbons (Fsp3) is 0.562. The number of carbonyl (C=O) groups excluding carboxylic acids is 2. The fourth-order valence-electron chi connectivity index (χ4n) is 6.97. The second kappa shape index (κ2) is 12.8. The zero-order chi connectivity index (χ0) is 27.1. The average molecular weight is 536 g/mol. The molecule has 0 aromatic heterocycles. The molecule has 5 rings (SSSR count). The normalized spacial score (nSPS) is 23.3. The number of unbranched alkanes of at least 4 members (excludes halogenated alkanes) is 3. The van der Waals surface area contributed by atoms with Gasteiger partial charge >= 0.3 is 12.2 Å². The van der Waals surface area contributed by atoms with Crippen molar-refractivity contribution in [3.63, 3.8) is 0 Å². The van der Waals surface area contributed by atoms with Crippen molar-refractivity contribution in [3.8, 4) is 5.75 Å². The van der Waals surface area contributed by atoms with E-state index in [0.29, 0.717) is 31.4 Å². The zero-order valence-electron chi connectivity index (χ0n) is 23.1. The lowest BCUT2D eigenvalue weighted by atomic mass is 9.52. The molecule has 2 bridgehead atoms. The van der Waals surface area contributed by atoms with E-state index in [1.165, 1.54) is 24.0 Å². The molecule has 0 spiro atoms. The summed E-state index contributed by atoms with van der Waals surface area (Å²) in [6, 6.07) is 16.2. The van der Waals surface area contributed by atoms with Gasteiger partial charge in [0.2, 0.25) is 6.79 Å². The van der Waals surface area contributed by atoms with E-state index in [9.17, 15) is 9.59 Å². The van der Waals surface area contributed by atoms with Crippen molar-refractivity contribution in [2.45, 2.75) is 89.2 Å². The van der Waals surface area contributed by atoms with Crippen LogP contribution in [0.2, 0.25) is 0 Å².